The highest BCUT2D eigenvalue weighted by Gasteiger charge is 2.39. The summed E-state index contributed by atoms with van der Waals surface area (Å²) in [6, 6.07) is 6.50. The summed E-state index contributed by atoms with van der Waals surface area (Å²) in [6.07, 6.45) is 3.70. The Kier molecular flexibility index (Phi) is 7.01. The smallest absolute Gasteiger partial charge is 0.326 e. The Balaban J connectivity index is 2.17. The Morgan fingerprint density at radius 2 is 2.00 bits per heavy atom. The van der Waals surface area contributed by atoms with E-state index in [1.54, 1.807) is 6.08 Å². The number of hydrogen-bond acceptors (Lipinski definition) is 5. The number of aliphatic carboxylic acids is 1. The van der Waals surface area contributed by atoms with Gasteiger partial charge in [-0.25, -0.2) is 4.79 Å². The molecule has 1 N–H and O–H groups in total. The van der Waals surface area contributed by atoms with Gasteiger partial charge in [-0.3, -0.25) is 9.69 Å². The highest BCUT2D eigenvalue weighted by Crippen LogP contribution is 2.35. The third-order valence-corrected chi connectivity index (χ3v) is 4.96. The Morgan fingerprint density at radius 1 is 1.32 bits per heavy atom. The van der Waals surface area contributed by atoms with Gasteiger partial charge in [-0.1, -0.05) is 56.4 Å². The van der Waals surface area contributed by atoms with Crippen LogP contribution < -0.4 is 4.74 Å². The second-order valence-electron chi connectivity index (χ2n) is 5.61. The number of benzene rings is 1. The monoisotopic (exact) mass is 379 g/mol. The summed E-state index contributed by atoms with van der Waals surface area (Å²) in [5, 5.41) is 9.38. The number of thioether (sulfide) groups is 1. The van der Waals surface area contributed by atoms with Crippen molar-refractivity contribution < 1.29 is 19.4 Å². The molecule has 1 atom stereocenters. The molecule has 1 aromatic rings. The van der Waals surface area contributed by atoms with Crippen molar-refractivity contribution in [1.29, 1.82) is 0 Å². The maximum absolute atomic E-state index is 12.6. The first kappa shape index (κ1) is 19.5. The van der Waals surface area contributed by atoms with E-state index in [0.29, 0.717) is 28.7 Å². The summed E-state index contributed by atoms with van der Waals surface area (Å²) in [5.41, 5.74) is 0.840. The number of carbonyl (C=O) groups excluding carboxylic acids is 1. The summed E-state index contributed by atoms with van der Waals surface area (Å²) in [5.74, 6) is -0.598. The number of carbonyl (C=O) groups is 2. The van der Waals surface area contributed by atoms with Gasteiger partial charge in [0.2, 0.25) is 0 Å². The third-order valence-electron chi connectivity index (χ3n) is 3.63. The molecule has 1 heterocycles. The summed E-state index contributed by atoms with van der Waals surface area (Å²) < 4.78 is 5.82. The van der Waals surface area contributed by atoms with Crippen molar-refractivity contribution in [2.45, 2.75) is 39.2 Å². The van der Waals surface area contributed by atoms with Gasteiger partial charge in [0.1, 0.15) is 16.1 Å². The van der Waals surface area contributed by atoms with Crippen LogP contribution in [0.3, 0.4) is 0 Å². The molecule has 134 valence electrons. The highest BCUT2D eigenvalue weighted by atomic mass is 32.2. The molecule has 0 aromatic heterocycles. The van der Waals surface area contributed by atoms with Gasteiger partial charge in [0.15, 0.2) is 0 Å². The molecular weight excluding hydrogens is 358 g/mol. The minimum atomic E-state index is -1.03. The number of thiocarbonyl (C=S) groups is 1. The third kappa shape index (κ3) is 4.83. The molecular formula is C18H21NO4S2. The lowest BCUT2D eigenvalue weighted by atomic mass is 10.1. The number of nitrogens with zero attached hydrogens (tertiary/aromatic N) is 1. The van der Waals surface area contributed by atoms with Crippen LogP contribution in [0.1, 0.15) is 38.7 Å². The molecule has 2 rings (SSSR count). The Bertz CT molecular complexity index is 685. The number of carboxylic acids is 1. The van der Waals surface area contributed by atoms with Crippen molar-refractivity contribution in [2.75, 3.05) is 6.61 Å². The van der Waals surface area contributed by atoms with Gasteiger partial charge < -0.3 is 9.84 Å². The lowest BCUT2D eigenvalue weighted by Crippen LogP contribution is -2.43. The number of rotatable bonds is 8. The van der Waals surface area contributed by atoms with Crippen LogP contribution in [0.2, 0.25) is 0 Å². The molecule has 1 aromatic carbocycles. The van der Waals surface area contributed by atoms with Crippen molar-refractivity contribution in [3.05, 3.63) is 34.7 Å². The molecule has 7 heteroatoms. The summed E-state index contributed by atoms with van der Waals surface area (Å²) in [4.78, 5) is 25.7. The van der Waals surface area contributed by atoms with Gasteiger partial charge in [0, 0.05) is 0 Å². The Morgan fingerprint density at radius 3 is 2.56 bits per heavy atom. The van der Waals surface area contributed by atoms with Crippen LogP contribution in [-0.4, -0.2) is 38.9 Å². The minimum Gasteiger partial charge on any atom is -0.494 e. The first-order chi connectivity index (χ1) is 12.0. The number of amides is 1. The van der Waals surface area contributed by atoms with Crippen LogP contribution in [-0.2, 0) is 9.59 Å². The molecule has 0 aliphatic carbocycles. The average Bonchev–Trinajstić information content (AvgIpc) is 2.86. The molecule has 0 saturated carbocycles. The van der Waals surface area contributed by atoms with Gasteiger partial charge >= 0.3 is 5.97 Å². The first-order valence-corrected chi connectivity index (χ1v) is 9.43. The van der Waals surface area contributed by atoms with E-state index in [1.807, 2.05) is 38.1 Å². The molecule has 1 aliphatic rings. The van der Waals surface area contributed by atoms with Crippen LogP contribution in [0.4, 0.5) is 0 Å². The normalized spacial score (nSPS) is 17.2. The topological polar surface area (TPSA) is 66.8 Å². The number of hydrogen-bond donors (Lipinski definition) is 1. The van der Waals surface area contributed by atoms with E-state index in [0.717, 1.165) is 29.5 Å². The average molecular weight is 380 g/mol. The molecule has 1 unspecified atom stereocenters. The summed E-state index contributed by atoms with van der Waals surface area (Å²) in [7, 11) is 0. The lowest BCUT2D eigenvalue weighted by molar-refractivity contribution is -0.145. The fraction of sp³-hybridized carbons (Fsp3) is 0.389. The van der Waals surface area contributed by atoms with Crippen LogP contribution in [0.15, 0.2) is 29.2 Å². The van der Waals surface area contributed by atoms with Crippen molar-refractivity contribution in [3.63, 3.8) is 0 Å². The molecule has 5 nitrogen and oxygen atoms in total. The second-order valence-corrected chi connectivity index (χ2v) is 7.29. The van der Waals surface area contributed by atoms with Gasteiger partial charge in [0.25, 0.3) is 5.91 Å². The maximum Gasteiger partial charge on any atom is 0.326 e. The number of ether oxygens (including phenoxy) is 1. The Hall–Kier alpha value is -1.86. The quantitative estimate of drug-likeness (QED) is 0.545. The van der Waals surface area contributed by atoms with E-state index in [4.69, 9.17) is 17.0 Å². The van der Waals surface area contributed by atoms with Crippen LogP contribution in [0, 0.1) is 0 Å². The van der Waals surface area contributed by atoms with Crippen LogP contribution in [0.5, 0.6) is 5.75 Å². The fourth-order valence-corrected chi connectivity index (χ4v) is 3.77. The summed E-state index contributed by atoms with van der Waals surface area (Å²) in [6.45, 7) is 4.58. The maximum atomic E-state index is 12.6. The fourth-order valence-electron chi connectivity index (χ4n) is 2.42. The van der Waals surface area contributed by atoms with E-state index in [-0.39, 0.29) is 5.91 Å². The molecule has 1 amide bonds. The van der Waals surface area contributed by atoms with Crippen LogP contribution >= 0.6 is 24.0 Å². The van der Waals surface area contributed by atoms with E-state index >= 15 is 0 Å². The first-order valence-electron chi connectivity index (χ1n) is 8.20. The van der Waals surface area contributed by atoms with E-state index in [9.17, 15) is 14.7 Å². The number of carboxylic acid groups (broad SMARTS) is 1. The molecule has 1 aliphatic heterocycles. The van der Waals surface area contributed by atoms with Gasteiger partial charge in [-0.2, -0.15) is 0 Å². The van der Waals surface area contributed by atoms with Gasteiger partial charge in [-0.05, 0) is 36.6 Å². The molecule has 1 saturated heterocycles. The minimum absolute atomic E-state index is 0.292. The lowest BCUT2D eigenvalue weighted by Gasteiger charge is -2.22. The molecule has 0 bridgehead atoms. The molecule has 1 fully saturated rings. The predicted octanol–water partition coefficient (Wildman–Crippen LogP) is 3.93. The van der Waals surface area contributed by atoms with Gasteiger partial charge in [0.05, 0.1) is 11.5 Å². The van der Waals surface area contributed by atoms with Crippen LogP contribution in [0.25, 0.3) is 6.08 Å². The highest BCUT2D eigenvalue weighted by molar-refractivity contribution is 8.26. The van der Waals surface area contributed by atoms with Crippen molar-refractivity contribution in [2.24, 2.45) is 0 Å². The SMILES string of the molecule is CCCOc1ccc(/C=C2\SC(=S)N(C(CCC)C(=O)O)C2=O)cc1. The Labute approximate surface area is 157 Å². The molecule has 0 radical (unpaired) electrons. The molecule has 0 spiro atoms. The summed E-state index contributed by atoms with van der Waals surface area (Å²) >= 11 is 6.37. The predicted molar refractivity (Wildman–Crippen MR) is 104 cm³/mol. The van der Waals surface area contributed by atoms with E-state index in [1.165, 1.54) is 4.90 Å². The van der Waals surface area contributed by atoms with Crippen molar-refractivity contribution in [1.82, 2.24) is 4.90 Å². The zero-order chi connectivity index (χ0) is 18.4. The largest absolute Gasteiger partial charge is 0.494 e. The van der Waals surface area contributed by atoms with E-state index < -0.39 is 12.0 Å². The zero-order valence-electron chi connectivity index (χ0n) is 14.2. The van der Waals surface area contributed by atoms with Crippen molar-refractivity contribution >= 4 is 46.3 Å². The van der Waals surface area contributed by atoms with Crippen molar-refractivity contribution in [3.8, 4) is 5.75 Å². The van der Waals surface area contributed by atoms with Gasteiger partial charge in [-0.15, -0.1) is 0 Å². The zero-order valence-corrected chi connectivity index (χ0v) is 15.9. The second kappa shape index (κ2) is 9.01. The standard InChI is InChI=1S/C18H21NO4S2/c1-3-5-14(17(21)22)19-16(20)15(25-18(19)24)11-12-6-8-13(9-7-12)23-10-4-2/h6-9,11,14H,3-5,10H2,1-2H3,(H,21,22)/b15-11-. The van der Waals surface area contributed by atoms with E-state index in [2.05, 4.69) is 0 Å². The molecule has 25 heavy (non-hydrogen) atoms.